The van der Waals surface area contributed by atoms with Gasteiger partial charge in [0.25, 0.3) is 0 Å². The van der Waals surface area contributed by atoms with E-state index in [4.69, 9.17) is 0 Å². The summed E-state index contributed by atoms with van der Waals surface area (Å²) in [5, 5.41) is 0. The fourth-order valence-electron chi connectivity index (χ4n) is 1.24. The summed E-state index contributed by atoms with van der Waals surface area (Å²) in [6.07, 6.45) is 9.50. The lowest BCUT2D eigenvalue weighted by Gasteiger charge is -1.96. The summed E-state index contributed by atoms with van der Waals surface area (Å²) in [6, 6.07) is 0. The van der Waals surface area contributed by atoms with Crippen molar-refractivity contribution in [3.05, 3.63) is 47.6 Å². The van der Waals surface area contributed by atoms with Gasteiger partial charge in [0.15, 0.2) is 0 Å². The van der Waals surface area contributed by atoms with Crippen LogP contribution in [0.1, 0.15) is 20.3 Å². The van der Waals surface area contributed by atoms with Crippen LogP contribution in [-0.4, -0.2) is 0 Å². The van der Waals surface area contributed by atoms with Crippen LogP contribution in [0.25, 0.3) is 0 Å². The van der Waals surface area contributed by atoms with Crippen molar-refractivity contribution in [1.29, 1.82) is 0 Å². The topological polar surface area (TPSA) is 0 Å². The maximum atomic E-state index is 3.76. The molecule has 0 bridgehead atoms. The van der Waals surface area contributed by atoms with Crippen molar-refractivity contribution in [2.24, 2.45) is 0 Å². The van der Waals surface area contributed by atoms with E-state index in [1.54, 1.807) is 0 Å². The summed E-state index contributed by atoms with van der Waals surface area (Å²) in [6.45, 7) is 8.04. The van der Waals surface area contributed by atoms with Crippen molar-refractivity contribution in [2.75, 3.05) is 0 Å². The minimum Gasteiger partial charge on any atom is -0.0985 e. The van der Waals surface area contributed by atoms with Gasteiger partial charge >= 0.3 is 0 Å². The zero-order valence-corrected chi connectivity index (χ0v) is 7.22. The fraction of sp³-hybridized carbons (Fsp3) is 0.273. The highest BCUT2D eigenvalue weighted by Gasteiger charge is 1.96. The lowest BCUT2D eigenvalue weighted by Crippen LogP contribution is -1.76. The van der Waals surface area contributed by atoms with Crippen LogP contribution < -0.4 is 0 Å². The van der Waals surface area contributed by atoms with Crippen LogP contribution in [0.4, 0.5) is 0 Å². The highest BCUT2D eigenvalue weighted by atomic mass is 14.0. The Bertz CT molecular complexity index is 249. The largest absolute Gasteiger partial charge is 0.0985 e. The smallest absolute Gasteiger partial charge is 0.0135 e. The molecule has 1 aliphatic rings. The zero-order chi connectivity index (χ0) is 8.27. The number of hydrogen-bond donors (Lipinski definition) is 0. The van der Waals surface area contributed by atoms with Crippen LogP contribution in [0, 0.1) is 0 Å². The van der Waals surface area contributed by atoms with Crippen molar-refractivity contribution in [2.45, 2.75) is 20.3 Å². The van der Waals surface area contributed by atoms with E-state index in [-0.39, 0.29) is 0 Å². The van der Waals surface area contributed by atoms with Gasteiger partial charge in [0, 0.05) is 0 Å². The van der Waals surface area contributed by atoms with Crippen molar-refractivity contribution in [3.63, 3.8) is 0 Å². The minimum absolute atomic E-state index is 1.06. The van der Waals surface area contributed by atoms with Crippen LogP contribution in [-0.2, 0) is 0 Å². The Morgan fingerprint density at radius 3 is 2.82 bits per heavy atom. The third-order valence-electron chi connectivity index (χ3n) is 1.88. The highest BCUT2D eigenvalue weighted by Crippen LogP contribution is 2.17. The van der Waals surface area contributed by atoms with Crippen LogP contribution in [0.2, 0.25) is 0 Å². The molecule has 0 aliphatic heterocycles. The van der Waals surface area contributed by atoms with Gasteiger partial charge in [-0.15, -0.1) is 0 Å². The van der Waals surface area contributed by atoms with E-state index in [2.05, 4.69) is 38.7 Å². The molecular weight excluding hydrogens is 132 g/mol. The predicted octanol–water partition coefficient (Wildman–Crippen LogP) is 3.40. The Morgan fingerprint density at radius 1 is 1.45 bits per heavy atom. The quantitative estimate of drug-likeness (QED) is 0.532. The second kappa shape index (κ2) is 3.38. The van der Waals surface area contributed by atoms with Gasteiger partial charge < -0.3 is 0 Å². The summed E-state index contributed by atoms with van der Waals surface area (Å²) in [5.41, 5.74) is 3.96. The van der Waals surface area contributed by atoms with E-state index >= 15 is 0 Å². The van der Waals surface area contributed by atoms with Crippen LogP contribution in [0.15, 0.2) is 47.6 Å². The molecule has 0 atom stereocenters. The molecule has 1 aliphatic carbocycles. The molecule has 0 aromatic heterocycles. The Morgan fingerprint density at radius 2 is 2.18 bits per heavy atom. The van der Waals surface area contributed by atoms with Crippen LogP contribution in [0.5, 0.6) is 0 Å². The van der Waals surface area contributed by atoms with Gasteiger partial charge in [0.2, 0.25) is 0 Å². The number of allylic oxidation sites excluding steroid dienone is 7. The number of hydrogen-bond acceptors (Lipinski definition) is 0. The molecule has 0 amide bonds. The van der Waals surface area contributed by atoms with Crippen molar-refractivity contribution in [1.82, 2.24) is 0 Å². The van der Waals surface area contributed by atoms with Gasteiger partial charge in [-0.1, -0.05) is 36.5 Å². The average Bonchev–Trinajstić information content (AvgIpc) is 2.11. The predicted molar refractivity (Wildman–Crippen MR) is 50.4 cm³/mol. The van der Waals surface area contributed by atoms with Crippen LogP contribution in [0.3, 0.4) is 0 Å². The Balaban J connectivity index is 3.05. The third kappa shape index (κ3) is 1.94. The first kappa shape index (κ1) is 8.06. The van der Waals surface area contributed by atoms with Crippen molar-refractivity contribution in [3.8, 4) is 0 Å². The van der Waals surface area contributed by atoms with Crippen molar-refractivity contribution >= 4 is 0 Å². The summed E-state index contributed by atoms with van der Waals surface area (Å²) in [7, 11) is 0. The standard InChI is InChI=1S/C11H14/c1-4-11-7-5-6-9(2)8-10(11)3/h4-5,7-8H,1,6H2,2-3H3. The molecule has 0 heterocycles. The maximum absolute atomic E-state index is 3.76. The Labute approximate surface area is 68.6 Å². The van der Waals surface area contributed by atoms with E-state index in [1.807, 2.05) is 6.08 Å². The van der Waals surface area contributed by atoms with Gasteiger partial charge in [-0.05, 0) is 31.4 Å². The Hall–Kier alpha value is -1.04. The monoisotopic (exact) mass is 146 g/mol. The Kier molecular flexibility index (Phi) is 2.48. The number of rotatable bonds is 1. The van der Waals surface area contributed by atoms with E-state index in [0.717, 1.165) is 6.42 Å². The summed E-state index contributed by atoms with van der Waals surface area (Å²) in [4.78, 5) is 0. The van der Waals surface area contributed by atoms with E-state index in [0.29, 0.717) is 0 Å². The van der Waals surface area contributed by atoms with Gasteiger partial charge in [-0.3, -0.25) is 0 Å². The summed E-state index contributed by atoms with van der Waals surface area (Å²) in [5.74, 6) is 0. The molecule has 11 heavy (non-hydrogen) atoms. The molecule has 0 saturated heterocycles. The molecule has 0 N–H and O–H groups in total. The third-order valence-corrected chi connectivity index (χ3v) is 1.88. The normalized spacial score (nSPS) is 17.8. The molecule has 0 aromatic rings. The van der Waals surface area contributed by atoms with E-state index in [1.165, 1.54) is 16.7 Å². The van der Waals surface area contributed by atoms with Gasteiger partial charge in [0.1, 0.15) is 0 Å². The first-order chi connectivity index (χ1) is 5.24. The zero-order valence-electron chi connectivity index (χ0n) is 7.22. The molecule has 0 fully saturated rings. The summed E-state index contributed by atoms with van der Waals surface area (Å²) < 4.78 is 0. The van der Waals surface area contributed by atoms with Gasteiger partial charge in [-0.2, -0.15) is 0 Å². The van der Waals surface area contributed by atoms with Gasteiger partial charge in [0.05, 0.1) is 0 Å². The van der Waals surface area contributed by atoms with Crippen LogP contribution >= 0.6 is 0 Å². The van der Waals surface area contributed by atoms with Crippen molar-refractivity contribution < 1.29 is 0 Å². The van der Waals surface area contributed by atoms with E-state index < -0.39 is 0 Å². The molecule has 0 heteroatoms. The highest BCUT2D eigenvalue weighted by molar-refractivity contribution is 5.42. The lowest BCUT2D eigenvalue weighted by atomic mass is 10.1. The molecule has 0 saturated carbocycles. The molecule has 0 nitrogen and oxygen atoms in total. The fourth-order valence-corrected chi connectivity index (χ4v) is 1.24. The SMILES string of the molecule is C=CC1=C(C)C=C(C)CC=C1. The maximum Gasteiger partial charge on any atom is -0.0135 e. The minimum atomic E-state index is 1.06. The molecular formula is C11H14. The molecule has 0 aromatic carbocycles. The molecule has 0 unspecified atom stereocenters. The first-order valence-corrected chi connectivity index (χ1v) is 3.91. The first-order valence-electron chi connectivity index (χ1n) is 3.91. The molecule has 0 spiro atoms. The molecule has 58 valence electrons. The molecule has 1 rings (SSSR count). The second-order valence-corrected chi connectivity index (χ2v) is 2.94. The average molecular weight is 146 g/mol. The van der Waals surface area contributed by atoms with E-state index in [9.17, 15) is 0 Å². The second-order valence-electron chi connectivity index (χ2n) is 2.94. The summed E-state index contributed by atoms with van der Waals surface area (Å²) >= 11 is 0. The molecule has 0 radical (unpaired) electrons. The van der Waals surface area contributed by atoms with Gasteiger partial charge in [-0.25, -0.2) is 0 Å². The lowest BCUT2D eigenvalue weighted by molar-refractivity contribution is 1.21.